The third kappa shape index (κ3) is 6.56. The smallest absolute Gasteiger partial charge is 0.140 e. The number of aromatic hydroxyl groups is 2. The number of hydrogen-bond acceptors (Lipinski definition) is 6. The Morgan fingerprint density at radius 1 is 0.528 bits per heavy atom. The molecule has 2 aromatic carbocycles. The third-order valence-electron chi connectivity index (χ3n) is 6.00. The van der Waals surface area contributed by atoms with E-state index >= 15 is 0 Å². The molecule has 36 heavy (non-hydrogen) atoms. The molecule has 0 saturated carbocycles. The molecule has 0 saturated heterocycles. The molecule has 2 aromatic heterocycles. The molecule has 0 spiro atoms. The van der Waals surface area contributed by atoms with Crippen molar-refractivity contribution in [1.29, 1.82) is 0 Å². The zero-order chi connectivity index (χ0) is 26.6. The summed E-state index contributed by atoms with van der Waals surface area (Å²) in [4.78, 5) is 8.76. The number of benzene rings is 2. The van der Waals surface area contributed by atoms with Crippen molar-refractivity contribution < 1.29 is 10.2 Å². The Labute approximate surface area is 229 Å². The number of nitrogens with one attached hydrogen (secondary N) is 2. The second-order valence-electron chi connectivity index (χ2n) is 8.55. The summed E-state index contributed by atoms with van der Waals surface area (Å²) < 4.78 is 2.08. The molecule has 0 fully saturated rings. The fraction of sp³-hybridized carbons (Fsp3) is 0.214. The monoisotopic (exact) mass is 612 g/mol. The fourth-order valence-electron chi connectivity index (χ4n) is 3.45. The third-order valence-corrected chi connectivity index (χ3v) is 7.06. The highest BCUT2D eigenvalue weighted by Gasteiger charge is 2.12. The van der Waals surface area contributed by atoms with Gasteiger partial charge in [0, 0.05) is 20.3 Å². The zero-order valence-electron chi connectivity index (χ0n) is 21.2. The Bertz CT molecular complexity index is 1270. The Balaban J connectivity index is 0.000000201. The van der Waals surface area contributed by atoms with E-state index in [9.17, 15) is 10.2 Å². The number of pyridine rings is 2. The standard InChI is InChI=1S/2C14H15BrN2O/c2*1-8-9(2)14(16-10(3)13(8)18)17-12-6-4-11(15)5-7-12/h2*4-7,18H,1-3H3,(H,16,17). The number of halogens is 2. The molecule has 0 unspecified atom stereocenters. The van der Waals surface area contributed by atoms with Crippen LogP contribution in [0.25, 0.3) is 0 Å². The SMILES string of the molecule is Cc1nc(Nc2ccc(Br)cc2)c(C)c(C)c1O.Cc1nc(Nc2ccc(Br)cc2)c(C)c(C)c1O. The minimum atomic E-state index is 0.272. The van der Waals surface area contributed by atoms with Crippen molar-refractivity contribution in [1.82, 2.24) is 9.97 Å². The summed E-state index contributed by atoms with van der Waals surface area (Å²) in [7, 11) is 0. The van der Waals surface area contributed by atoms with Crippen LogP contribution in [0, 0.1) is 41.5 Å². The van der Waals surface area contributed by atoms with E-state index in [1.807, 2.05) is 76.2 Å². The first-order valence-corrected chi connectivity index (χ1v) is 12.9. The predicted molar refractivity (Wildman–Crippen MR) is 155 cm³/mol. The molecule has 4 N–H and O–H groups in total. The van der Waals surface area contributed by atoms with Gasteiger partial charge in [-0.1, -0.05) is 31.9 Å². The summed E-state index contributed by atoms with van der Waals surface area (Å²) in [5.41, 5.74) is 6.86. The van der Waals surface area contributed by atoms with Gasteiger partial charge in [-0.2, -0.15) is 0 Å². The van der Waals surface area contributed by atoms with Crippen LogP contribution in [0.4, 0.5) is 23.0 Å². The van der Waals surface area contributed by atoms with Crippen LogP contribution in [0.15, 0.2) is 57.5 Å². The molecular formula is C28H30Br2N4O2. The molecule has 2 heterocycles. The molecule has 0 atom stereocenters. The molecule has 8 heteroatoms. The van der Waals surface area contributed by atoms with Crippen LogP contribution in [0.5, 0.6) is 11.5 Å². The molecule has 4 rings (SSSR count). The van der Waals surface area contributed by atoms with Gasteiger partial charge < -0.3 is 20.8 Å². The fourth-order valence-corrected chi connectivity index (χ4v) is 3.97. The first kappa shape index (κ1) is 27.5. The zero-order valence-corrected chi connectivity index (χ0v) is 24.3. The number of aromatic nitrogens is 2. The topological polar surface area (TPSA) is 90.3 Å². The van der Waals surface area contributed by atoms with Crippen molar-refractivity contribution in [3.8, 4) is 11.5 Å². The molecule has 0 amide bonds. The molecule has 0 aliphatic carbocycles. The molecule has 0 aliphatic rings. The van der Waals surface area contributed by atoms with Crippen molar-refractivity contribution in [2.24, 2.45) is 0 Å². The Kier molecular flexibility index (Phi) is 8.98. The lowest BCUT2D eigenvalue weighted by Gasteiger charge is -2.13. The van der Waals surface area contributed by atoms with Gasteiger partial charge in [0.1, 0.15) is 23.1 Å². The molecule has 0 aliphatic heterocycles. The molecule has 0 bridgehead atoms. The number of anilines is 4. The van der Waals surface area contributed by atoms with Gasteiger partial charge in [-0.15, -0.1) is 0 Å². The summed E-state index contributed by atoms with van der Waals surface area (Å²) >= 11 is 6.80. The summed E-state index contributed by atoms with van der Waals surface area (Å²) in [6, 6.07) is 15.8. The van der Waals surface area contributed by atoms with Gasteiger partial charge in [0.15, 0.2) is 0 Å². The van der Waals surface area contributed by atoms with Crippen LogP contribution < -0.4 is 10.6 Å². The van der Waals surface area contributed by atoms with E-state index < -0.39 is 0 Å². The Hall–Kier alpha value is -3.10. The highest BCUT2D eigenvalue weighted by molar-refractivity contribution is 9.10. The summed E-state index contributed by atoms with van der Waals surface area (Å²) in [5, 5.41) is 26.2. The van der Waals surface area contributed by atoms with Crippen LogP contribution in [0.1, 0.15) is 33.6 Å². The highest BCUT2D eigenvalue weighted by atomic mass is 79.9. The number of rotatable bonds is 4. The minimum Gasteiger partial charge on any atom is -0.506 e. The van der Waals surface area contributed by atoms with Crippen molar-refractivity contribution in [2.45, 2.75) is 41.5 Å². The highest BCUT2D eigenvalue weighted by Crippen LogP contribution is 2.30. The quantitative estimate of drug-likeness (QED) is 0.185. The average Bonchev–Trinajstić information content (AvgIpc) is 2.86. The van der Waals surface area contributed by atoms with Crippen molar-refractivity contribution in [2.75, 3.05) is 10.6 Å². The first-order valence-electron chi connectivity index (χ1n) is 11.4. The van der Waals surface area contributed by atoms with Crippen LogP contribution in [0.2, 0.25) is 0 Å². The van der Waals surface area contributed by atoms with E-state index in [1.165, 1.54) is 0 Å². The molecule has 4 aromatic rings. The van der Waals surface area contributed by atoms with Crippen molar-refractivity contribution >= 4 is 54.9 Å². The maximum Gasteiger partial charge on any atom is 0.140 e. The van der Waals surface area contributed by atoms with Gasteiger partial charge in [0.2, 0.25) is 0 Å². The van der Waals surface area contributed by atoms with Crippen molar-refractivity contribution in [3.63, 3.8) is 0 Å². The van der Waals surface area contributed by atoms with E-state index in [0.717, 1.165) is 54.2 Å². The molecule has 0 radical (unpaired) electrons. The van der Waals surface area contributed by atoms with E-state index in [4.69, 9.17) is 0 Å². The number of nitrogens with zero attached hydrogens (tertiary/aromatic N) is 2. The van der Waals surface area contributed by atoms with E-state index in [2.05, 4.69) is 52.5 Å². The van der Waals surface area contributed by atoms with Gasteiger partial charge in [-0.25, -0.2) is 9.97 Å². The summed E-state index contributed by atoms with van der Waals surface area (Å²) in [5.74, 6) is 2.11. The second-order valence-corrected chi connectivity index (χ2v) is 10.4. The van der Waals surface area contributed by atoms with Crippen LogP contribution in [-0.4, -0.2) is 20.2 Å². The van der Waals surface area contributed by atoms with Gasteiger partial charge in [-0.05, 0) is 112 Å². The first-order chi connectivity index (χ1) is 17.0. The predicted octanol–water partition coefficient (Wildman–Crippen LogP) is 8.44. The van der Waals surface area contributed by atoms with Crippen LogP contribution in [0.3, 0.4) is 0 Å². The van der Waals surface area contributed by atoms with Gasteiger partial charge in [0.05, 0.1) is 11.4 Å². The minimum absolute atomic E-state index is 0.272. The van der Waals surface area contributed by atoms with Crippen LogP contribution >= 0.6 is 31.9 Å². The maximum atomic E-state index is 9.82. The lowest BCUT2D eigenvalue weighted by atomic mass is 10.1. The average molecular weight is 614 g/mol. The van der Waals surface area contributed by atoms with Crippen LogP contribution in [-0.2, 0) is 0 Å². The van der Waals surface area contributed by atoms with Gasteiger partial charge >= 0.3 is 0 Å². The number of hydrogen-bond donors (Lipinski definition) is 4. The van der Waals surface area contributed by atoms with Crippen molar-refractivity contribution in [3.05, 3.63) is 91.1 Å². The van der Waals surface area contributed by atoms with E-state index in [0.29, 0.717) is 11.4 Å². The lowest BCUT2D eigenvalue weighted by Crippen LogP contribution is -2.00. The van der Waals surface area contributed by atoms with Gasteiger partial charge in [-0.3, -0.25) is 0 Å². The molecule has 188 valence electrons. The normalized spacial score (nSPS) is 10.4. The molecular weight excluding hydrogens is 584 g/mol. The summed E-state index contributed by atoms with van der Waals surface area (Å²) in [6.45, 7) is 11.3. The molecule has 6 nitrogen and oxygen atoms in total. The van der Waals surface area contributed by atoms with E-state index in [-0.39, 0.29) is 11.5 Å². The second kappa shape index (κ2) is 11.8. The maximum absolute atomic E-state index is 9.82. The Morgan fingerprint density at radius 2 is 0.833 bits per heavy atom. The lowest BCUT2D eigenvalue weighted by molar-refractivity contribution is 0.462. The van der Waals surface area contributed by atoms with E-state index in [1.54, 1.807) is 13.8 Å². The Morgan fingerprint density at radius 3 is 1.14 bits per heavy atom. The van der Waals surface area contributed by atoms with Gasteiger partial charge in [0.25, 0.3) is 0 Å². The largest absolute Gasteiger partial charge is 0.506 e. The number of aryl methyl sites for hydroxylation is 2. The summed E-state index contributed by atoms with van der Waals surface area (Å²) in [6.07, 6.45) is 0.